The lowest BCUT2D eigenvalue weighted by Gasteiger charge is -2.38. The topological polar surface area (TPSA) is 60.9 Å². The van der Waals surface area contributed by atoms with E-state index in [1.807, 2.05) is 4.90 Å². The van der Waals surface area contributed by atoms with E-state index in [0.29, 0.717) is 17.0 Å². The van der Waals surface area contributed by atoms with E-state index in [9.17, 15) is 14.4 Å². The molecule has 2 saturated heterocycles. The third-order valence-corrected chi connectivity index (χ3v) is 6.69. The molecule has 3 aliphatic rings. The molecule has 156 valence electrons. The normalized spacial score (nSPS) is 23.6. The standard InChI is InChI=1S/C23H31N3O3/c1-17-8-12-24(13-9-17)15-18-5-4-11-25(16-18)21(27)10-14-26-22(28)19-6-2-3-7-20(19)23(26)29/h2-3,6-7,17-18H,4-5,8-16H2,1H3. The lowest BCUT2D eigenvalue weighted by molar-refractivity contribution is -0.133. The van der Waals surface area contributed by atoms with Gasteiger partial charge in [0, 0.05) is 32.6 Å². The van der Waals surface area contributed by atoms with Crippen molar-refractivity contribution in [3.8, 4) is 0 Å². The van der Waals surface area contributed by atoms with Gasteiger partial charge in [0.1, 0.15) is 0 Å². The molecule has 6 heteroatoms. The first-order valence-corrected chi connectivity index (χ1v) is 11.0. The zero-order chi connectivity index (χ0) is 20.4. The van der Waals surface area contributed by atoms with Gasteiger partial charge >= 0.3 is 0 Å². The minimum atomic E-state index is -0.283. The summed E-state index contributed by atoms with van der Waals surface area (Å²) >= 11 is 0. The van der Waals surface area contributed by atoms with Crippen LogP contribution in [-0.4, -0.2) is 71.7 Å². The van der Waals surface area contributed by atoms with E-state index < -0.39 is 0 Å². The first-order valence-electron chi connectivity index (χ1n) is 11.0. The van der Waals surface area contributed by atoms with E-state index in [4.69, 9.17) is 0 Å². The molecule has 3 amide bonds. The Balaban J connectivity index is 1.28. The Morgan fingerprint density at radius 1 is 1.00 bits per heavy atom. The molecule has 1 atom stereocenters. The van der Waals surface area contributed by atoms with Crippen LogP contribution in [0.25, 0.3) is 0 Å². The van der Waals surface area contributed by atoms with Crippen molar-refractivity contribution >= 4 is 17.7 Å². The van der Waals surface area contributed by atoms with Gasteiger partial charge in [-0.05, 0) is 62.7 Å². The summed E-state index contributed by atoms with van der Waals surface area (Å²) in [6.45, 7) is 7.50. The van der Waals surface area contributed by atoms with Crippen LogP contribution in [0.4, 0.5) is 0 Å². The number of benzene rings is 1. The Kier molecular flexibility index (Phi) is 5.99. The number of carbonyl (C=O) groups excluding carboxylic acids is 3. The van der Waals surface area contributed by atoms with Gasteiger partial charge in [0.05, 0.1) is 11.1 Å². The van der Waals surface area contributed by atoms with Gasteiger partial charge in [0.15, 0.2) is 0 Å². The molecule has 6 nitrogen and oxygen atoms in total. The number of hydrogen-bond acceptors (Lipinski definition) is 4. The highest BCUT2D eigenvalue weighted by atomic mass is 16.2. The molecule has 3 aliphatic heterocycles. The summed E-state index contributed by atoms with van der Waals surface area (Å²) in [6.07, 6.45) is 4.96. The van der Waals surface area contributed by atoms with E-state index in [0.717, 1.165) is 32.0 Å². The molecule has 1 aromatic carbocycles. The Morgan fingerprint density at radius 2 is 1.66 bits per heavy atom. The molecule has 1 aromatic rings. The Hall–Kier alpha value is -2.21. The highest BCUT2D eigenvalue weighted by Crippen LogP contribution is 2.24. The van der Waals surface area contributed by atoms with Gasteiger partial charge in [-0.15, -0.1) is 0 Å². The molecule has 0 N–H and O–H groups in total. The van der Waals surface area contributed by atoms with Crippen LogP contribution in [0.2, 0.25) is 0 Å². The third kappa shape index (κ3) is 4.37. The number of nitrogens with zero attached hydrogens (tertiary/aromatic N) is 3. The number of likely N-dealkylation sites (tertiary alicyclic amines) is 2. The quantitative estimate of drug-likeness (QED) is 0.717. The summed E-state index contributed by atoms with van der Waals surface area (Å²) in [5.41, 5.74) is 0.887. The minimum Gasteiger partial charge on any atom is -0.342 e. The molecule has 0 radical (unpaired) electrons. The lowest BCUT2D eigenvalue weighted by atomic mass is 9.94. The summed E-state index contributed by atoms with van der Waals surface area (Å²) in [5, 5.41) is 0. The number of fused-ring (bicyclic) bond motifs is 1. The lowest BCUT2D eigenvalue weighted by Crippen LogP contribution is -2.46. The van der Waals surface area contributed by atoms with Gasteiger partial charge in [0.25, 0.3) is 11.8 Å². The molecule has 0 aromatic heterocycles. The fourth-order valence-corrected chi connectivity index (χ4v) is 4.86. The highest BCUT2D eigenvalue weighted by molar-refractivity contribution is 6.21. The van der Waals surface area contributed by atoms with Crippen LogP contribution in [0, 0.1) is 11.8 Å². The molecule has 0 spiro atoms. The number of imide groups is 1. The average molecular weight is 398 g/mol. The van der Waals surface area contributed by atoms with Crippen LogP contribution in [0.15, 0.2) is 24.3 Å². The largest absolute Gasteiger partial charge is 0.342 e. The summed E-state index contributed by atoms with van der Waals surface area (Å²) in [4.78, 5) is 43.4. The first-order chi connectivity index (χ1) is 14.0. The zero-order valence-corrected chi connectivity index (χ0v) is 17.3. The summed E-state index contributed by atoms with van der Waals surface area (Å²) in [6, 6.07) is 6.87. The van der Waals surface area contributed by atoms with Gasteiger partial charge in [-0.25, -0.2) is 0 Å². The number of carbonyl (C=O) groups is 3. The van der Waals surface area contributed by atoms with E-state index in [2.05, 4.69) is 11.8 Å². The average Bonchev–Trinajstić information content (AvgIpc) is 2.98. The Morgan fingerprint density at radius 3 is 2.31 bits per heavy atom. The maximum Gasteiger partial charge on any atom is 0.261 e. The summed E-state index contributed by atoms with van der Waals surface area (Å²) in [7, 11) is 0. The maximum absolute atomic E-state index is 12.8. The van der Waals surface area contributed by atoms with Gasteiger partial charge in [-0.1, -0.05) is 19.1 Å². The monoisotopic (exact) mass is 397 g/mol. The van der Waals surface area contributed by atoms with Crippen molar-refractivity contribution in [3.63, 3.8) is 0 Å². The summed E-state index contributed by atoms with van der Waals surface area (Å²) < 4.78 is 0. The first kappa shape index (κ1) is 20.1. The smallest absolute Gasteiger partial charge is 0.261 e. The molecular weight excluding hydrogens is 366 g/mol. The SMILES string of the molecule is CC1CCN(CC2CCCN(C(=O)CCN3C(=O)c4ccccc4C3=O)C2)CC1. The van der Waals surface area contributed by atoms with E-state index in [-0.39, 0.29) is 30.7 Å². The van der Waals surface area contributed by atoms with E-state index >= 15 is 0 Å². The maximum atomic E-state index is 12.8. The Bertz CT molecular complexity index is 750. The molecule has 0 bridgehead atoms. The van der Waals surface area contributed by atoms with Gasteiger partial charge in [-0.2, -0.15) is 0 Å². The predicted octanol–water partition coefficient (Wildman–Crippen LogP) is 2.64. The van der Waals surface area contributed by atoms with Crippen molar-refractivity contribution in [2.45, 2.75) is 39.0 Å². The zero-order valence-electron chi connectivity index (χ0n) is 17.3. The number of amides is 3. The molecule has 2 fully saturated rings. The number of piperidine rings is 2. The van der Waals surface area contributed by atoms with Gasteiger partial charge < -0.3 is 9.80 Å². The van der Waals surface area contributed by atoms with Crippen molar-refractivity contribution in [1.29, 1.82) is 0 Å². The van der Waals surface area contributed by atoms with Crippen LogP contribution in [0.3, 0.4) is 0 Å². The molecule has 0 aliphatic carbocycles. The van der Waals surface area contributed by atoms with Crippen LogP contribution < -0.4 is 0 Å². The van der Waals surface area contributed by atoms with Crippen molar-refractivity contribution in [1.82, 2.24) is 14.7 Å². The van der Waals surface area contributed by atoms with Crippen LogP contribution in [-0.2, 0) is 4.79 Å². The fraction of sp³-hybridized carbons (Fsp3) is 0.609. The molecule has 0 saturated carbocycles. The van der Waals surface area contributed by atoms with Crippen molar-refractivity contribution < 1.29 is 14.4 Å². The second-order valence-electron chi connectivity index (χ2n) is 8.89. The summed E-state index contributed by atoms with van der Waals surface area (Å²) in [5.74, 6) is 0.847. The van der Waals surface area contributed by atoms with E-state index in [1.54, 1.807) is 24.3 Å². The van der Waals surface area contributed by atoms with Crippen molar-refractivity contribution in [2.24, 2.45) is 11.8 Å². The Labute approximate surface area is 172 Å². The van der Waals surface area contributed by atoms with E-state index in [1.165, 1.54) is 37.3 Å². The van der Waals surface area contributed by atoms with Crippen LogP contribution in [0.5, 0.6) is 0 Å². The van der Waals surface area contributed by atoms with Gasteiger partial charge in [0.2, 0.25) is 5.91 Å². The van der Waals surface area contributed by atoms with Crippen molar-refractivity contribution in [2.75, 3.05) is 39.3 Å². The second kappa shape index (κ2) is 8.66. The number of rotatable bonds is 5. The molecule has 3 heterocycles. The third-order valence-electron chi connectivity index (χ3n) is 6.69. The minimum absolute atomic E-state index is 0.0542. The van der Waals surface area contributed by atoms with Crippen LogP contribution in [0.1, 0.15) is 59.7 Å². The number of hydrogen-bond donors (Lipinski definition) is 0. The van der Waals surface area contributed by atoms with Gasteiger partial charge in [-0.3, -0.25) is 19.3 Å². The van der Waals surface area contributed by atoms with Crippen molar-refractivity contribution in [3.05, 3.63) is 35.4 Å². The molecule has 1 unspecified atom stereocenters. The predicted molar refractivity (Wildman–Crippen MR) is 111 cm³/mol. The molecular formula is C23H31N3O3. The van der Waals surface area contributed by atoms with Crippen LogP contribution >= 0.6 is 0 Å². The molecule has 4 rings (SSSR count). The fourth-order valence-electron chi connectivity index (χ4n) is 4.86. The molecule has 29 heavy (non-hydrogen) atoms. The second-order valence-corrected chi connectivity index (χ2v) is 8.89. The highest BCUT2D eigenvalue weighted by Gasteiger charge is 2.35.